The molecule has 0 bridgehead atoms. The Balaban J connectivity index is 2.16. The largest absolute Gasteiger partial charge is 0.497 e. The van der Waals surface area contributed by atoms with Crippen molar-refractivity contribution >= 4 is 0 Å². The predicted octanol–water partition coefficient (Wildman–Crippen LogP) is 4.89. The van der Waals surface area contributed by atoms with Crippen molar-refractivity contribution in [3.63, 3.8) is 0 Å². The van der Waals surface area contributed by atoms with E-state index in [0.29, 0.717) is 17.0 Å². The Hall–Kier alpha value is -3.32. The van der Waals surface area contributed by atoms with Gasteiger partial charge in [-0.1, -0.05) is 57.2 Å². The Morgan fingerprint density at radius 2 is 1.70 bits per heavy atom. The fraction of sp³-hybridized carbons (Fsp3) is 0.217. The van der Waals surface area contributed by atoms with Crippen LogP contribution >= 0.6 is 0 Å². The van der Waals surface area contributed by atoms with Crippen LogP contribution in [-0.4, -0.2) is 12.1 Å². The first-order valence-corrected chi connectivity index (χ1v) is 8.76. The normalized spacial score (nSPS) is 11.1. The van der Waals surface area contributed by atoms with E-state index in [2.05, 4.69) is 25.8 Å². The van der Waals surface area contributed by atoms with Gasteiger partial charge in [0.05, 0.1) is 7.11 Å². The van der Waals surface area contributed by atoms with Crippen molar-refractivity contribution in [3.05, 3.63) is 76.1 Å². The molecule has 0 radical (unpaired) electrons. The minimum atomic E-state index is -0.396. The van der Waals surface area contributed by atoms with Crippen LogP contribution in [0.2, 0.25) is 0 Å². The maximum absolute atomic E-state index is 12.5. The Bertz CT molecular complexity index is 1070. The molecule has 0 unspecified atom stereocenters. The third kappa shape index (κ3) is 3.78. The van der Waals surface area contributed by atoms with Crippen LogP contribution in [0.15, 0.2) is 59.4 Å². The van der Waals surface area contributed by atoms with Gasteiger partial charge in [-0.3, -0.25) is 4.79 Å². The van der Waals surface area contributed by atoms with Crippen LogP contribution in [0.3, 0.4) is 0 Å². The number of nitrogens with one attached hydrogen (secondary N) is 1. The van der Waals surface area contributed by atoms with Gasteiger partial charge < -0.3 is 9.72 Å². The summed E-state index contributed by atoms with van der Waals surface area (Å²) in [6.45, 7) is 6.45. The number of H-pyrrole nitrogens is 1. The standard InChI is InChI=1S/C23H22N2O2/c1-23(2,3)17-10-8-15(9-11-17)19-13-21(25-22(26)20(19)14-24)16-6-5-7-18(12-16)27-4/h5-13H,1-4H3,(H,25,26). The summed E-state index contributed by atoms with van der Waals surface area (Å²) < 4.78 is 5.27. The highest BCUT2D eigenvalue weighted by molar-refractivity contribution is 5.75. The lowest BCUT2D eigenvalue weighted by Gasteiger charge is -2.19. The SMILES string of the molecule is COc1cccc(-c2cc(-c3ccc(C(C)(C)C)cc3)c(C#N)c(=O)[nH]2)c1. The number of methoxy groups -OCH3 is 1. The van der Waals surface area contributed by atoms with Crippen LogP contribution in [-0.2, 0) is 5.41 Å². The number of hydrogen-bond acceptors (Lipinski definition) is 3. The van der Waals surface area contributed by atoms with E-state index >= 15 is 0 Å². The molecule has 3 rings (SSSR count). The van der Waals surface area contributed by atoms with E-state index in [9.17, 15) is 10.1 Å². The summed E-state index contributed by atoms with van der Waals surface area (Å²) in [6.07, 6.45) is 0. The second kappa shape index (κ2) is 7.13. The highest BCUT2D eigenvalue weighted by Crippen LogP contribution is 2.30. The smallest absolute Gasteiger partial charge is 0.266 e. The molecule has 0 amide bonds. The van der Waals surface area contributed by atoms with Gasteiger partial charge in [0.2, 0.25) is 0 Å². The summed E-state index contributed by atoms with van der Waals surface area (Å²) in [5.41, 5.74) is 3.89. The molecule has 27 heavy (non-hydrogen) atoms. The number of benzene rings is 2. The minimum absolute atomic E-state index is 0.0382. The lowest BCUT2D eigenvalue weighted by Crippen LogP contribution is -2.13. The van der Waals surface area contributed by atoms with E-state index in [4.69, 9.17) is 4.74 Å². The number of aromatic amines is 1. The van der Waals surface area contributed by atoms with Crippen molar-refractivity contribution in [2.24, 2.45) is 0 Å². The summed E-state index contributed by atoms with van der Waals surface area (Å²) in [6, 6.07) is 19.4. The second-order valence-electron chi connectivity index (χ2n) is 7.47. The van der Waals surface area contributed by atoms with E-state index in [1.807, 2.05) is 60.7 Å². The lowest BCUT2D eigenvalue weighted by atomic mass is 9.86. The van der Waals surface area contributed by atoms with E-state index in [0.717, 1.165) is 11.1 Å². The molecular weight excluding hydrogens is 336 g/mol. The number of ether oxygens (including phenoxy) is 1. The van der Waals surface area contributed by atoms with Crippen molar-refractivity contribution in [2.75, 3.05) is 7.11 Å². The third-order valence-corrected chi connectivity index (χ3v) is 4.59. The molecular formula is C23H22N2O2. The van der Waals surface area contributed by atoms with Crippen LogP contribution in [0.1, 0.15) is 31.9 Å². The van der Waals surface area contributed by atoms with Crippen molar-refractivity contribution in [1.29, 1.82) is 5.26 Å². The molecule has 1 aromatic heterocycles. The average molecular weight is 358 g/mol. The van der Waals surface area contributed by atoms with Gasteiger partial charge in [0.1, 0.15) is 17.4 Å². The quantitative estimate of drug-likeness (QED) is 0.725. The summed E-state index contributed by atoms with van der Waals surface area (Å²) in [4.78, 5) is 15.3. The molecule has 0 spiro atoms. The van der Waals surface area contributed by atoms with E-state index < -0.39 is 5.56 Å². The molecule has 0 atom stereocenters. The first-order valence-electron chi connectivity index (χ1n) is 8.76. The average Bonchev–Trinajstić information content (AvgIpc) is 2.66. The molecule has 0 saturated carbocycles. The number of pyridine rings is 1. The molecule has 2 aromatic carbocycles. The predicted molar refractivity (Wildman–Crippen MR) is 108 cm³/mol. The van der Waals surface area contributed by atoms with Gasteiger partial charge in [0.25, 0.3) is 5.56 Å². The summed E-state index contributed by atoms with van der Waals surface area (Å²) in [5.74, 6) is 0.703. The highest BCUT2D eigenvalue weighted by Gasteiger charge is 2.16. The van der Waals surface area contributed by atoms with Gasteiger partial charge in [-0.15, -0.1) is 0 Å². The van der Waals surface area contributed by atoms with Gasteiger partial charge in [-0.2, -0.15) is 5.26 Å². The Morgan fingerprint density at radius 3 is 2.30 bits per heavy atom. The van der Waals surface area contributed by atoms with Gasteiger partial charge in [-0.05, 0) is 34.7 Å². The molecule has 0 aliphatic carbocycles. The zero-order valence-corrected chi connectivity index (χ0v) is 16.0. The molecule has 1 heterocycles. The molecule has 0 fully saturated rings. The molecule has 1 N–H and O–H groups in total. The lowest BCUT2D eigenvalue weighted by molar-refractivity contribution is 0.415. The fourth-order valence-electron chi connectivity index (χ4n) is 2.99. The number of nitriles is 1. The Labute approximate surface area is 159 Å². The van der Waals surface area contributed by atoms with Gasteiger partial charge in [-0.25, -0.2) is 0 Å². The highest BCUT2D eigenvalue weighted by atomic mass is 16.5. The molecule has 3 aromatic rings. The van der Waals surface area contributed by atoms with Crippen LogP contribution in [0.5, 0.6) is 5.75 Å². The van der Waals surface area contributed by atoms with Crippen molar-refractivity contribution in [2.45, 2.75) is 26.2 Å². The van der Waals surface area contributed by atoms with Crippen LogP contribution < -0.4 is 10.3 Å². The molecule has 0 aliphatic heterocycles. The number of hydrogen-bond donors (Lipinski definition) is 1. The monoisotopic (exact) mass is 358 g/mol. The van der Waals surface area contributed by atoms with Crippen molar-refractivity contribution in [1.82, 2.24) is 4.98 Å². The maximum Gasteiger partial charge on any atom is 0.266 e. The van der Waals surface area contributed by atoms with Crippen LogP contribution in [0.4, 0.5) is 0 Å². The van der Waals surface area contributed by atoms with E-state index in [1.165, 1.54) is 5.56 Å². The maximum atomic E-state index is 12.5. The van der Waals surface area contributed by atoms with Crippen molar-refractivity contribution < 1.29 is 4.74 Å². The zero-order valence-electron chi connectivity index (χ0n) is 16.0. The molecule has 136 valence electrons. The first kappa shape index (κ1) is 18.5. The third-order valence-electron chi connectivity index (χ3n) is 4.59. The summed E-state index contributed by atoms with van der Waals surface area (Å²) in [7, 11) is 1.60. The number of aromatic nitrogens is 1. The Morgan fingerprint density at radius 1 is 1.00 bits per heavy atom. The molecule has 0 aliphatic rings. The number of rotatable bonds is 3. The van der Waals surface area contributed by atoms with Gasteiger partial charge in [0, 0.05) is 16.8 Å². The molecule has 4 nitrogen and oxygen atoms in total. The topological polar surface area (TPSA) is 65.9 Å². The van der Waals surface area contributed by atoms with Crippen molar-refractivity contribution in [3.8, 4) is 34.2 Å². The first-order chi connectivity index (χ1) is 12.8. The van der Waals surface area contributed by atoms with Gasteiger partial charge in [0.15, 0.2) is 0 Å². The number of nitrogens with zero attached hydrogens (tertiary/aromatic N) is 1. The zero-order chi connectivity index (χ0) is 19.6. The molecule has 0 saturated heterocycles. The summed E-state index contributed by atoms with van der Waals surface area (Å²) >= 11 is 0. The van der Waals surface area contributed by atoms with E-state index in [1.54, 1.807) is 7.11 Å². The summed E-state index contributed by atoms with van der Waals surface area (Å²) in [5, 5.41) is 9.50. The van der Waals surface area contributed by atoms with Gasteiger partial charge >= 0.3 is 0 Å². The molecule has 4 heteroatoms. The fourth-order valence-corrected chi connectivity index (χ4v) is 2.99. The Kier molecular flexibility index (Phi) is 4.87. The second-order valence-corrected chi connectivity index (χ2v) is 7.47. The minimum Gasteiger partial charge on any atom is -0.497 e. The van der Waals surface area contributed by atoms with Crippen LogP contribution in [0.25, 0.3) is 22.4 Å². The van der Waals surface area contributed by atoms with Crippen LogP contribution in [0, 0.1) is 11.3 Å². The van der Waals surface area contributed by atoms with E-state index in [-0.39, 0.29) is 11.0 Å².